The lowest BCUT2D eigenvalue weighted by Gasteiger charge is -2.18. The first-order valence-electron chi connectivity index (χ1n) is 6.86. The quantitative estimate of drug-likeness (QED) is 0.698. The van der Waals surface area contributed by atoms with E-state index >= 15 is 0 Å². The summed E-state index contributed by atoms with van der Waals surface area (Å²) in [6, 6.07) is 13.1. The van der Waals surface area contributed by atoms with Crippen LogP contribution >= 0.6 is 0 Å². The first-order valence-corrected chi connectivity index (χ1v) is 6.86. The predicted octanol–water partition coefficient (Wildman–Crippen LogP) is 5.10. The molecule has 0 fully saturated rings. The van der Waals surface area contributed by atoms with Crippen molar-refractivity contribution in [3.05, 3.63) is 58.7 Å². The molecule has 0 radical (unpaired) electrons. The van der Waals surface area contributed by atoms with E-state index in [1.54, 1.807) is 0 Å². The summed E-state index contributed by atoms with van der Waals surface area (Å²) in [6.45, 7) is 8.99. The Bertz CT molecular complexity index is 536. The number of aryl methyl sites for hydroxylation is 2. The fraction of sp³-hybridized carbons (Fsp3) is 0.333. The van der Waals surface area contributed by atoms with Crippen molar-refractivity contribution >= 4 is 0 Å². The van der Waals surface area contributed by atoms with Gasteiger partial charge in [-0.05, 0) is 60.1 Å². The third kappa shape index (κ3) is 2.20. The molecule has 0 aliphatic heterocycles. The van der Waals surface area contributed by atoms with Crippen molar-refractivity contribution in [2.75, 3.05) is 0 Å². The van der Waals surface area contributed by atoms with E-state index in [2.05, 4.69) is 64.1 Å². The lowest BCUT2D eigenvalue weighted by molar-refractivity contribution is 1.05. The predicted molar refractivity (Wildman–Crippen MR) is 80.1 cm³/mol. The SMILES string of the molecule is CCc1cc(C)c(CC)c(-c2ccccc2)c1C. The average molecular weight is 238 g/mol. The fourth-order valence-corrected chi connectivity index (χ4v) is 2.86. The van der Waals surface area contributed by atoms with Crippen molar-refractivity contribution in [1.29, 1.82) is 0 Å². The van der Waals surface area contributed by atoms with Crippen molar-refractivity contribution in [3.8, 4) is 11.1 Å². The average Bonchev–Trinajstić information content (AvgIpc) is 2.41. The summed E-state index contributed by atoms with van der Waals surface area (Å²) in [5, 5.41) is 0. The van der Waals surface area contributed by atoms with E-state index in [0.29, 0.717) is 0 Å². The first kappa shape index (κ1) is 12.9. The fourth-order valence-electron chi connectivity index (χ4n) is 2.86. The molecule has 0 N–H and O–H groups in total. The minimum atomic E-state index is 1.10. The van der Waals surface area contributed by atoms with Crippen LogP contribution in [0.2, 0.25) is 0 Å². The Balaban J connectivity index is 2.75. The third-order valence-corrected chi connectivity index (χ3v) is 3.82. The molecule has 0 aromatic heterocycles. The molecule has 0 amide bonds. The van der Waals surface area contributed by atoms with E-state index in [4.69, 9.17) is 0 Å². The lowest BCUT2D eigenvalue weighted by atomic mass is 9.87. The summed E-state index contributed by atoms with van der Waals surface area (Å²) in [7, 11) is 0. The van der Waals surface area contributed by atoms with Crippen LogP contribution in [0.25, 0.3) is 11.1 Å². The summed E-state index contributed by atoms with van der Waals surface area (Å²) in [5.41, 5.74) is 8.66. The van der Waals surface area contributed by atoms with Crippen LogP contribution in [-0.2, 0) is 12.8 Å². The maximum absolute atomic E-state index is 2.36. The normalized spacial score (nSPS) is 10.7. The molecule has 0 unspecified atom stereocenters. The molecule has 2 aromatic carbocycles. The van der Waals surface area contributed by atoms with Crippen LogP contribution in [0.4, 0.5) is 0 Å². The van der Waals surface area contributed by atoms with E-state index in [0.717, 1.165) is 12.8 Å². The molecule has 0 aliphatic carbocycles. The second kappa shape index (κ2) is 5.39. The van der Waals surface area contributed by atoms with Gasteiger partial charge in [0.25, 0.3) is 0 Å². The molecule has 0 atom stereocenters. The highest BCUT2D eigenvalue weighted by molar-refractivity contribution is 5.73. The monoisotopic (exact) mass is 238 g/mol. The minimum Gasteiger partial charge on any atom is -0.0622 e. The molecule has 18 heavy (non-hydrogen) atoms. The van der Waals surface area contributed by atoms with Gasteiger partial charge in [-0.1, -0.05) is 50.2 Å². The number of rotatable bonds is 3. The van der Waals surface area contributed by atoms with Gasteiger partial charge in [0.2, 0.25) is 0 Å². The molecule has 0 aliphatic rings. The van der Waals surface area contributed by atoms with Crippen LogP contribution < -0.4 is 0 Å². The van der Waals surface area contributed by atoms with Gasteiger partial charge in [0.05, 0.1) is 0 Å². The maximum Gasteiger partial charge on any atom is -0.0117 e. The number of hydrogen-bond donors (Lipinski definition) is 0. The molecule has 94 valence electrons. The zero-order valence-electron chi connectivity index (χ0n) is 11.9. The molecule has 2 aromatic rings. The maximum atomic E-state index is 2.36. The second-order valence-electron chi connectivity index (χ2n) is 4.90. The van der Waals surface area contributed by atoms with Gasteiger partial charge >= 0.3 is 0 Å². The molecule has 0 saturated carbocycles. The molecule has 0 bridgehead atoms. The Morgan fingerprint density at radius 2 is 1.56 bits per heavy atom. The Hall–Kier alpha value is -1.56. The van der Waals surface area contributed by atoms with Gasteiger partial charge in [-0.15, -0.1) is 0 Å². The number of hydrogen-bond acceptors (Lipinski definition) is 0. The molecular formula is C18H22. The van der Waals surface area contributed by atoms with Crippen LogP contribution in [0.5, 0.6) is 0 Å². The van der Waals surface area contributed by atoms with E-state index in [1.807, 2.05) is 0 Å². The van der Waals surface area contributed by atoms with Crippen LogP contribution in [-0.4, -0.2) is 0 Å². The molecule has 0 heterocycles. The van der Waals surface area contributed by atoms with Gasteiger partial charge in [-0.25, -0.2) is 0 Å². The standard InChI is InChI=1S/C18H22/c1-5-15-12-13(3)17(6-2)18(14(15)4)16-10-8-7-9-11-16/h7-12H,5-6H2,1-4H3. The Labute approximate surface area is 111 Å². The minimum absolute atomic E-state index is 1.10. The Morgan fingerprint density at radius 3 is 2.11 bits per heavy atom. The first-order chi connectivity index (χ1) is 8.69. The smallest absolute Gasteiger partial charge is 0.0117 e. The van der Waals surface area contributed by atoms with Gasteiger partial charge in [0, 0.05) is 0 Å². The van der Waals surface area contributed by atoms with E-state index in [1.165, 1.54) is 33.4 Å². The van der Waals surface area contributed by atoms with Gasteiger partial charge < -0.3 is 0 Å². The third-order valence-electron chi connectivity index (χ3n) is 3.82. The zero-order chi connectivity index (χ0) is 13.1. The molecular weight excluding hydrogens is 216 g/mol. The van der Waals surface area contributed by atoms with E-state index in [9.17, 15) is 0 Å². The Morgan fingerprint density at radius 1 is 0.889 bits per heavy atom. The summed E-state index contributed by atoms with van der Waals surface area (Å²) >= 11 is 0. The van der Waals surface area contributed by atoms with Crippen molar-refractivity contribution in [1.82, 2.24) is 0 Å². The van der Waals surface area contributed by atoms with Crippen molar-refractivity contribution < 1.29 is 0 Å². The molecule has 0 spiro atoms. The van der Waals surface area contributed by atoms with Gasteiger partial charge in [0.1, 0.15) is 0 Å². The lowest BCUT2D eigenvalue weighted by Crippen LogP contribution is -2.00. The molecule has 2 rings (SSSR count). The molecule has 0 nitrogen and oxygen atoms in total. The summed E-state index contributed by atoms with van der Waals surface area (Å²) in [4.78, 5) is 0. The van der Waals surface area contributed by atoms with E-state index in [-0.39, 0.29) is 0 Å². The summed E-state index contributed by atoms with van der Waals surface area (Å²) < 4.78 is 0. The van der Waals surface area contributed by atoms with Gasteiger partial charge in [-0.2, -0.15) is 0 Å². The molecule has 0 saturated heterocycles. The van der Waals surface area contributed by atoms with Crippen LogP contribution in [0, 0.1) is 13.8 Å². The highest BCUT2D eigenvalue weighted by Gasteiger charge is 2.12. The Kier molecular flexibility index (Phi) is 3.86. The topological polar surface area (TPSA) is 0 Å². The van der Waals surface area contributed by atoms with Crippen LogP contribution in [0.3, 0.4) is 0 Å². The van der Waals surface area contributed by atoms with Gasteiger partial charge in [-0.3, -0.25) is 0 Å². The highest BCUT2D eigenvalue weighted by Crippen LogP contribution is 2.32. The summed E-state index contributed by atoms with van der Waals surface area (Å²) in [6.07, 6.45) is 2.21. The van der Waals surface area contributed by atoms with Crippen molar-refractivity contribution in [3.63, 3.8) is 0 Å². The highest BCUT2D eigenvalue weighted by atomic mass is 14.2. The van der Waals surface area contributed by atoms with E-state index < -0.39 is 0 Å². The zero-order valence-corrected chi connectivity index (χ0v) is 11.9. The van der Waals surface area contributed by atoms with Crippen LogP contribution in [0.1, 0.15) is 36.1 Å². The largest absolute Gasteiger partial charge is 0.0622 e. The number of benzene rings is 2. The summed E-state index contributed by atoms with van der Waals surface area (Å²) in [5.74, 6) is 0. The van der Waals surface area contributed by atoms with Crippen LogP contribution in [0.15, 0.2) is 36.4 Å². The van der Waals surface area contributed by atoms with Crippen molar-refractivity contribution in [2.24, 2.45) is 0 Å². The van der Waals surface area contributed by atoms with Gasteiger partial charge in [0.15, 0.2) is 0 Å². The second-order valence-corrected chi connectivity index (χ2v) is 4.90. The molecule has 0 heteroatoms. The van der Waals surface area contributed by atoms with Crippen molar-refractivity contribution in [2.45, 2.75) is 40.5 Å².